The predicted molar refractivity (Wildman–Crippen MR) is 635 cm³/mol. The Morgan fingerprint density at radius 2 is 0.405 bits per heavy atom. The third kappa shape index (κ3) is 17.7. The van der Waals surface area contributed by atoms with E-state index in [1.807, 2.05) is 34.8 Å². The molecule has 0 N–H and O–H groups in total. The SMILES string of the molecule is c1ccc(-c2ccc(N(c3ccc(-c4ccc5cc(-c6ccccc6)ccc5c4)cc3)c3cccc4oc5ccccc5c34)cc2)cc1.c1ccc(-c2ccc(N(c3ccc(-c4ccc5cc(-c6ccccc6)ccc5c4)cc3)c3cccc4sc5ccccc5c34)cc2)cc1.c1ccc(-c2ccc3cc(-c4ccc(N(c5ccc(-c6cccc7ccccc67)cc5)c5ccc6c(c5)sc5ccccc56)cc4)ccc3c2)cc1. The Bertz CT molecular complexity index is 9370. The lowest BCUT2D eigenvalue weighted by Gasteiger charge is -2.27. The monoisotopic (exact) mass is 1920 g/mol. The zero-order chi connectivity index (χ0) is 98.2. The Morgan fingerprint density at radius 3 is 0.831 bits per heavy atom. The Balaban J connectivity index is 0.000000112. The molecule has 0 aliphatic heterocycles. The van der Waals surface area contributed by atoms with Crippen LogP contribution < -0.4 is 14.7 Å². The molecule has 0 aliphatic rings. The van der Waals surface area contributed by atoms with E-state index in [9.17, 15) is 0 Å². The maximum atomic E-state index is 6.31. The number of anilines is 9. The highest BCUT2D eigenvalue weighted by Crippen LogP contribution is 2.50. The standard InChI is InChI=1S/C50H33NS.C46H31NO.C46H31NS/c1-2-9-34(10-3-1)38-17-19-41-32-39(18-20-40(41)31-38)35-21-25-42(26-22-35)51(44-29-30-48-47-14-6-7-16-49(47)52-50(48)33-44)43-27-23-37(24-28-43)46-15-8-12-36-11-4-5-13-45(36)46;2*1-3-10-32(11-4-1)34-22-26-40(27-23-34)47(43-15-9-17-45-46(43)42-14-7-8-16-44(42)48-45)41-28-24-35(25-29-41)37-19-21-38-30-36(18-20-39(38)31-37)33-12-5-2-6-13-33/h1-33H;2*1-31H. The lowest BCUT2D eigenvalue weighted by atomic mass is 9.97. The van der Waals surface area contributed by atoms with Crippen LogP contribution in [-0.4, -0.2) is 0 Å². The van der Waals surface area contributed by atoms with Gasteiger partial charge in [-0.05, 0) is 307 Å². The molecule has 0 saturated carbocycles. The van der Waals surface area contributed by atoms with Crippen LogP contribution in [0.4, 0.5) is 51.2 Å². The predicted octanol–water partition coefficient (Wildman–Crippen LogP) is 41.7. The van der Waals surface area contributed by atoms with Crippen molar-refractivity contribution in [2.24, 2.45) is 0 Å². The van der Waals surface area contributed by atoms with Crippen molar-refractivity contribution in [2.45, 2.75) is 0 Å². The smallest absolute Gasteiger partial charge is 0.137 e. The van der Waals surface area contributed by atoms with Gasteiger partial charge in [-0.15, -0.1) is 22.7 Å². The largest absolute Gasteiger partial charge is 0.456 e. The molecular formula is C142H95N3OS2. The van der Waals surface area contributed by atoms with Gasteiger partial charge >= 0.3 is 0 Å². The van der Waals surface area contributed by atoms with Crippen molar-refractivity contribution in [1.29, 1.82) is 0 Å². The molecule has 0 unspecified atom stereocenters. The molecule has 696 valence electrons. The third-order valence-corrected chi connectivity index (χ3v) is 31.0. The maximum Gasteiger partial charge on any atom is 0.137 e. The van der Waals surface area contributed by atoms with E-state index in [4.69, 9.17) is 4.42 Å². The van der Waals surface area contributed by atoms with Crippen molar-refractivity contribution in [3.05, 3.63) is 576 Å². The number of thiophene rings is 2. The molecule has 25 aromatic carbocycles. The van der Waals surface area contributed by atoms with Gasteiger partial charge < -0.3 is 19.1 Å². The molecule has 4 nitrogen and oxygen atoms in total. The number of nitrogens with zero attached hydrogens (tertiary/aromatic N) is 3. The number of benzene rings is 25. The molecule has 6 heteroatoms. The summed E-state index contributed by atoms with van der Waals surface area (Å²) in [6, 6.07) is 208. The average molecular weight is 1920 g/mol. The lowest BCUT2D eigenvalue weighted by molar-refractivity contribution is 0.669. The van der Waals surface area contributed by atoms with Crippen LogP contribution >= 0.6 is 22.7 Å². The van der Waals surface area contributed by atoms with E-state index >= 15 is 0 Å². The lowest BCUT2D eigenvalue weighted by Crippen LogP contribution is -2.10. The summed E-state index contributed by atoms with van der Waals surface area (Å²) in [5.74, 6) is 0. The maximum absolute atomic E-state index is 6.31. The van der Waals surface area contributed by atoms with Crippen LogP contribution in [0.1, 0.15) is 0 Å². The quantitative estimate of drug-likeness (QED) is 0.0854. The molecule has 0 atom stereocenters. The summed E-state index contributed by atoms with van der Waals surface area (Å²) >= 11 is 3.71. The zero-order valence-corrected chi connectivity index (χ0v) is 82.5. The van der Waals surface area contributed by atoms with E-state index in [2.05, 4.69) is 579 Å². The first kappa shape index (κ1) is 89.3. The first-order valence-electron chi connectivity index (χ1n) is 50.4. The Morgan fingerprint density at radius 1 is 0.135 bits per heavy atom. The van der Waals surface area contributed by atoms with Gasteiger partial charge in [-0.1, -0.05) is 413 Å². The zero-order valence-electron chi connectivity index (χ0n) is 80.9. The van der Waals surface area contributed by atoms with Crippen LogP contribution in [-0.2, 0) is 0 Å². The van der Waals surface area contributed by atoms with Crippen LogP contribution in [0.5, 0.6) is 0 Å². The van der Waals surface area contributed by atoms with Crippen LogP contribution in [0.3, 0.4) is 0 Å². The number of hydrogen-bond acceptors (Lipinski definition) is 6. The summed E-state index contributed by atoms with van der Waals surface area (Å²) in [6.07, 6.45) is 0. The second kappa shape index (κ2) is 39.5. The van der Waals surface area contributed by atoms with Crippen molar-refractivity contribution < 1.29 is 4.42 Å². The first-order valence-corrected chi connectivity index (χ1v) is 52.1. The summed E-state index contributed by atoms with van der Waals surface area (Å²) < 4.78 is 11.5. The van der Waals surface area contributed by atoms with Crippen LogP contribution in [0.25, 0.3) is 206 Å². The van der Waals surface area contributed by atoms with Gasteiger partial charge in [-0.25, -0.2) is 0 Å². The van der Waals surface area contributed by atoms with E-state index in [-0.39, 0.29) is 0 Å². The van der Waals surface area contributed by atoms with Crippen LogP contribution in [0, 0.1) is 0 Å². The summed E-state index contributed by atoms with van der Waals surface area (Å²) in [6.45, 7) is 0. The van der Waals surface area contributed by atoms with Gasteiger partial charge in [0.25, 0.3) is 0 Å². The Hall–Kier alpha value is -18.8. The van der Waals surface area contributed by atoms with Crippen molar-refractivity contribution in [3.8, 4) is 100 Å². The molecule has 0 radical (unpaired) electrons. The number of rotatable bonds is 18. The van der Waals surface area contributed by atoms with Gasteiger partial charge in [0.15, 0.2) is 0 Å². The molecule has 0 aliphatic carbocycles. The molecule has 3 heterocycles. The Kier molecular flexibility index (Phi) is 23.8. The highest BCUT2D eigenvalue weighted by molar-refractivity contribution is 7.26. The number of fused-ring (bicyclic) bond motifs is 13. The number of hydrogen-bond donors (Lipinski definition) is 0. The molecule has 148 heavy (non-hydrogen) atoms. The van der Waals surface area contributed by atoms with Gasteiger partial charge in [0.1, 0.15) is 11.2 Å². The van der Waals surface area contributed by atoms with E-state index in [0.29, 0.717) is 0 Å². The second-order valence-electron chi connectivity index (χ2n) is 37.8. The van der Waals surface area contributed by atoms with Gasteiger partial charge in [-0.2, -0.15) is 0 Å². The van der Waals surface area contributed by atoms with Gasteiger partial charge in [0.2, 0.25) is 0 Å². The topological polar surface area (TPSA) is 22.9 Å². The Labute approximate surface area is 868 Å². The van der Waals surface area contributed by atoms with Gasteiger partial charge in [0, 0.05) is 85.5 Å². The summed E-state index contributed by atoms with van der Waals surface area (Å²) in [4.78, 5) is 7.13. The molecule has 0 spiro atoms. The first-order chi connectivity index (χ1) is 73.3. The average Bonchev–Trinajstić information content (AvgIpc) is 1.59. The van der Waals surface area contributed by atoms with Crippen LogP contribution in [0.2, 0.25) is 0 Å². The summed E-state index contributed by atoms with van der Waals surface area (Å²) in [5.41, 5.74) is 33.8. The van der Waals surface area contributed by atoms with E-state index in [1.54, 1.807) is 0 Å². The summed E-state index contributed by atoms with van der Waals surface area (Å²) in [5, 5.41) is 17.4. The third-order valence-electron chi connectivity index (χ3n) is 28.8. The van der Waals surface area contributed by atoms with Gasteiger partial charge in [0.05, 0.1) is 16.8 Å². The fourth-order valence-electron chi connectivity index (χ4n) is 21.3. The highest BCUT2D eigenvalue weighted by atomic mass is 32.1. The molecule has 28 rings (SSSR count). The van der Waals surface area contributed by atoms with Crippen molar-refractivity contribution in [1.82, 2.24) is 0 Å². The van der Waals surface area contributed by atoms with E-state index in [1.165, 1.54) is 189 Å². The minimum Gasteiger partial charge on any atom is -0.456 e. The molecule has 3 aromatic heterocycles. The molecule has 0 bridgehead atoms. The normalized spacial score (nSPS) is 11.4. The molecule has 0 saturated heterocycles. The highest BCUT2D eigenvalue weighted by Gasteiger charge is 2.25. The second-order valence-corrected chi connectivity index (χ2v) is 39.9. The molecule has 0 amide bonds. The molecule has 0 fully saturated rings. The fourth-order valence-corrected chi connectivity index (χ4v) is 23.6. The van der Waals surface area contributed by atoms with E-state index < -0.39 is 0 Å². The minimum absolute atomic E-state index is 0.878. The molecular weight excluding hydrogens is 1830 g/mol. The van der Waals surface area contributed by atoms with Gasteiger partial charge in [-0.3, -0.25) is 0 Å². The van der Waals surface area contributed by atoms with E-state index in [0.717, 1.165) is 67.4 Å². The van der Waals surface area contributed by atoms with Crippen molar-refractivity contribution in [2.75, 3.05) is 14.7 Å². The molecule has 28 aromatic rings. The number of para-hydroxylation sites is 1. The van der Waals surface area contributed by atoms with Crippen LogP contribution in [0.15, 0.2) is 581 Å². The summed E-state index contributed by atoms with van der Waals surface area (Å²) in [7, 11) is 0. The van der Waals surface area contributed by atoms with Crippen molar-refractivity contribution >= 4 is 179 Å². The fraction of sp³-hybridized carbons (Fsp3) is 0. The minimum atomic E-state index is 0.878. The van der Waals surface area contributed by atoms with Crippen molar-refractivity contribution in [3.63, 3.8) is 0 Å². The number of furan rings is 1.